The minimum absolute atomic E-state index is 0.0573. The summed E-state index contributed by atoms with van der Waals surface area (Å²) >= 11 is 0. The first-order chi connectivity index (χ1) is 8.03. The van der Waals surface area contributed by atoms with E-state index in [-0.39, 0.29) is 18.1 Å². The molecule has 0 aliphatic heterocycles. The summed E-state index contributed by atoms with van der Waals surface area (Å²) < 4.78 is 28.4. The average molecular weight is 257 g/mol. The highest BCUT2D eigenvalue weighted by Crippen LogP contribution is 2.14. The van der Waals surface area contributed by atoms with Crippen LogP contribution in [0.5, 0.6) is 5.75 Å². The van der Waals surface area contributed by atoms with Gasteiger partial charge in [0.2, 0.25) is 0 Å². The van der Waals surface area contributed by atoms with Crippen molar-refractivity contribution >= 4 is 15.5 Å². The predicted molar refractivity (Wildman–Crippen MR) is 69.9 cm³/mol. The van der Waals surface area contributed by atoms with Gasteiger partial charge in [-0.25, -0.2) is 8.42 Å². The van der Waals surface area contributed by atoms with Gasteiger partial charge in [0.1, 0.15) is 12.4 Å². The van der Waals surface area contributed by atoms with E-state index in [2.05, 4.69) is 0 Å². The van der Waals surface area contributed by atoms with Crippen LogP contribution in [0.4, 0.5) is 5.69 Å². The van der Waals surface area contributed by atoms with Gasteiger partial charge < -0.3 is 10.5 Å². The Bertz CT molecular complexity index is 443. The quantitative estimate of drug-likeness (QED) is 0.757. The fraction of sp³-hybridized carbons (Fsp3) is 0.500. The van der Waals surface area contributed by atoms with Gasteiger partial charge in [0.25, 0.3) is 0 Å². The normalized spacial score (nSPS) is 11.4. The molecule has 1 rings (SSSR count). The van der Waals surface area contributed by atoms with Crippen molar-refractivity contribution in [3.05, 3.63) is 24.3 Å². The summed E-state index contributed by atoms with van der Waals surface area (Å²) in [6.45, 7) is 2.15. The summed E-state index contributed by atoms with van der Waals surface area (Å²) in [5.41, 5.74) is 6.19. The fourth-order valence-corrected chi connectivity index (χ4v) is 2.63. The van der Waals surface area contributed by atoms with E-state index in [9.17, 15) is 8.42 Å². The number of benzene rings is 1. The molecule has 96 valence electrons. The second kappa shape index (κ2) is 6.49. The van der Waals surface area contributed by atoms with E-state index in [0.717, 1.165) is 6.42 Å². The molecule has 1 aromatic rings. The first-order valence-corrected chi connectivity index (χ1v) is 7.54. The van der Waals surface area contributed by atoms with Crippen LogP contribution >= 0.6 is 0 Å². The van der Waals surface area contributed by atoms with Crippen molar-refractivity contribution in [2.75, 3.05) is 23.8 Å². The maximum Gasteiger partial charge on any atom is 0.153 e. The van der Waals surface area contributed by atoms with Gasteiger partial charge in [-0.2, -0.15) is 0 Å². The molecule has 4 nitrogen and oxygen atoms in total. The van der Waals surface area contributed by atoms with Gasteiger partial charge in [0.05, 0.1) is 11.5 Å². The lowest BCUT2D eigenvalue weighted by molar-refractivity contribution is 0.341. The molecule has 1 aromatic carbocycles. The van der Waals surface area contributed by atoms with Crippen molar-refractivity contribution < 1.29 is 13.2 Å². The molecular weight excluding hydrogens is 238 g/mol. The molecule has 0 saturated heterocycles. The number of unbranched alkanes of at least 4 members (excludes halogenated alkanes) is 1. The molecular formula is C12H19NO3S. The van der Waals surface area contributed by atoms with E-state index >= 15 is 0 Å². The molecule has 0 spiro atoms. The molecule has 0 saturated carbocycles. The van der Waals surface area contributed by atoms with E-state index in [1.807, 2.05) is 6.92 Å². The monoisotopic (exact) mass is 257 g/mol. The smallest absolute Gasteiger partial charge is 0.153 e. The summed E-state index contributed by atoms with van der Waals surface area (Å²) in [6, 6.07) is 6.97. The highest BCUT2D eigenvalue weighted by Gasteiger charge is 2.09. The van der Waals surface area contributed by atoms with Gasteiger partial charge in [0, 0.05) is 11.8 Å². The standard InChI is InChI=1S/C12H19NO3S/c1-2-3-8-17(14,15)9-7-16-12-6-4-5-11(13)10-12/h4-6,10H,2-3,7-9,13H2,1H3. The zero-order valence-corrected chi connectivity index (χ0v) is 10.9. The molecule has 0 unspecified atom stereocenters. The van der Waals surface area contributed by atoms with E-state index in [0.29, 0.717) is 17.9 Å². The van der Waals surface area contributed by atoms with Gasteiger partial charge in [0.15, 0.2) is 9.84 Å². The molecule has 5 heteroatoms. The molecule has 0 fully saturated rings. The summed E-state index contributed by atoms with van der Waals surface area (Å²) in [4.78, 5) is 0. The number of anilines is 1. The van der Waals surface area contributed by atoms with Gasteiger partial charge in [-0.3, -0.25) is 0 Å². The molecule has 0 aliphatic carbocycles. The lowest BCUT2D eigenvalue weighted by atomic mass is 10.3. The van der Waals surface area contributed by atoms with E-state index < -0.39 is 9.84 Å². The van der Waals surface area contributed by atoms with Crippen LogP contribution in [0.3, 0.4) is 0 Å². The van der Waals surface area contributed by atoms with Crippen LogP contribution in [-0.4, -0.2) is 26.5 Å². The number of nitrogen functional groups attached to an aromatic ring is 1. The molecule has 0 aliphatic rings. The number of hydrogen-bond acceptors (Lipinski definition) is 4. The van der Waals surface area contributed by atoms with Crippen molar-refractivity contribution in [3.63, 3.8) is 0 Å². The molecule has 2 N–H and O–H groups in total. The molecule has 0 heterocycles. The third-order valence-electron chi connectivity index (χ3n) is 2.33. The first-order valence-electron chi connectivity index (χ1n) is 5.72. The predicted octanol–water partition coefficient (Wildman–Crippen LogP) is 1.86. The van der Waals surface area contributed by atoms with Crippen molar-refractivity contribution in [3.8, 4) is 5.75 Å². The molecule has 0 bridgehead atoms. The van der Waals surface area contributed by atoms with Crippen molar-refractivity contribution in [2.24, 2.45) is 0 Å². The first kappa shape index (κ1) is 13.8. The Balaban J connectivity index is 2.37. The summed E-state index contributed by atoms with van der Waals surface area (Å²) in [6.07, 6.45) is 1.59. The number of rotatable bonds is 7. The lowest BCUT2D eigenvalue weighted by Gasteiger charge is -2.07. The van der Waals surface area contributed by atoms with Gasteiger partial charge >= 0.3 is 0 Å². The number of sulfone groups is 1. The Hall–Kier alpha value is -1.23. The Morgan fingerprint density at radius 3 is 2.71 bits per heavy atom. The molecule has 0 atom stereocenters. The fourth-order valence-electron chi connectivity index (χ4n) is 1.36. The maximum atomic E-state index is 11.5. The minimum Gasteiger partial charge on any atom is -0.492 e. The second-order valence-corrected chi connectivity index (χ2v) is 6.23. The average Bonchev–Trinajstić information content (AvgIpc) is 2.26. The Labute approximate surface area is 103 Å². The summed E-state index contributed by atoms with van der Waals surface area (Å²) in [5.74, 6) is 0.904. The number of nitrogens with two attached hydrogens (primary N) is 1. The largest absolute Gasteiger partial charge is 0.492 e. The molecule has 0 aromatic heterocycles. The number of ether oxygens (including phenoxy) is 1. The molecule has 17 heavy (non-hydrogen) atoms. The third kappa shape index (κ3) is 5.58. The van der Waals surface area contributed by atoms with E-state index in [1.54, 1.807) is 24.3 Å². The maximum absolute atomic E-state index is 11.5. The van der Waals surface area contributed by atoms with E-state index in [4.69, 9.17) is 10.5 Å². The van der Waals surface area contributed by atoms with Crippen LogP contribution in [0.15, 0.2) is 24.3 Å². The zero-order valence-electron chi connectivity index (χ0n) is 10.1. The highest BCUT2D eigenvalue weighted by atomic mass is 32.2. The van der Waals surface area contributed by atoms with Crippen LogP contribution < -0.4 is 10.5 Å². The van der Waals surface area contributed by atoms with Crippen molar-refractivity contribution in [1.82, 2.24) is 0 Å². The molecule has 0 amide bonds. The SMILES string of the molecule is CCCCS(=O)(=O)CCOc1cccc(N)c1. The van der Waals surface area contributed by atoms with Gasteiger partial charge in [-0.05, 0) is 18.6 Å². The Morgan fingerprint density at radius 2 is 2.06 bits per heavy atom. The van der Waals surface area contributed by atoms with Crippen LogP contribution in [0, 0.1) is 0 Å². The highest BCUT2D eigenvalue weighted by molar-refractivity contribution is 7.91. The van der Waals surface area contributed by atoms with Crippen LogP contribution in [-0.2, 0) is 9.84 Å². The lowest BCUT2D eigenvalue weighted by Crippen LogP contribution is -2.17. The zero-order chi connectivity index (χ0) is 12.7. The minimum atomic E-state index is -2.98. The van der Waals surface area contributed by atoms with Crippen molar-refractivity contribution in [1.29, 1.82) is 0 Å². The Morgan fingerprint density at radius 1 is 1.29 bits per heavy atom. The Kier molecular flexibility index (Phi) is 5.28. The topological polar surface area (TPSA) is 69.4 Å². The van der Waals surface area contributed by atoms with E-state index in [1.165, 1.54) is 0 Å². The third-order valence-corrected chi connectivity index (χ3v) is 4.03. The summed E-state index contributed by atoms with van der Waals surface area (Å²) in [7, 11) is -2.98. The second-order valence-electron chi connectivity index (χ2n) is 3.93. The van der Waals surface area contributed by atoms with Crippen LogP contribution in [0.2, 0.25) is 0 Å². The van der Waals surface area contributed by atoms with Crippen LogP contribution in [0.1, 0.15) is 19.8 Å². The summed E-state index contributed by atoms with van der Waals surface area (Å²) in [5, 5.41) is 0. The van der Waals surface area contributed by atoms with Crippen molar-refractivity contribution in [2.45, 2.75) is 19.8 Å². The molecule has 0 radical (unpaired) electrons. The number of hydrogen-bond donors (Lipinski definition) is 1. The van der Waals surface area contributed by atoms with Crippen LogP contribution in [0.25, 0.3) is 0 Å². The van der Waals surface area contributed by atoms with Gasteiger partial charge in [-0.15, -0.1) is 0 Å². The van der Waals surface area contributed by atoms with Gasteiger partial charge in [-0.1, -0.05) is 19.4 Å².